The summed E-state index contributed by atoms with van der Waals surface area (Å²) in [5, 5.41) is 0. The van der Waals surface area contributed by atoms with Gasteiger partial charge in [-0.05, 0) is 33.3 Å². The molecular formula is C10H18BrNO. The van der Waals surface area contributed by atoms with E-state index in [1.807, 2.05) is 13.0 Å². The van der Waals surface area contributed by atoms with Gasteiger partial charge in [-0.1, -0.05) is 6.08 Å². The highest BCUT2D eigenvalue weighted by atomic mass is 79.9. The Morgan fingerprint density at radius 1 is 1.38 bits per heavy atom. The van der Waals surface area contributed by atoms with Gasteiger partial charge in [0, 0.05) is 12.1 Å². The number of Topliss-reactive ketones (excluding diaryl/α,β-unsaturated/α-hetero) is 1. The van der Waals surface area contributed by atoms with Crippen molar-refractivity contribution in [1.29, 1.82) is 0 Å². The van der Waals surface area contributed by atoms with Crippen LogP contribution in [0, 0.1) is 0 Å². The van der Waals surface area contributed by atoms with Gasteiger partial charge in [-0.25, -0.2) is 0 Å². The summed E-state index contributed by atoms with van der Waals surface area (Å²) in [6.45, 7) is 9.77. The number of rotatable bonds is 0. The van der Waals surface area contributed by atoms with Crippen LogP contribution in [0.1, 0.15) is 27.7 Å². The first-order valence-electron chi connectivity index (χ1n) is 4.36. The third-order valence-corrected chi connectivity index (χ3v) is 2.34. The van der Waals surface area contributed by atoms with Crippen LogP contribution in [-0.2, 0) is 4.79 Å². The van der Waals surface area contributed by atoms with E-state index in [9.17, 15) is 4.79 Å². The fraction of sp³-hybridized carbons (Fsp3) is 0.700. The fourth-order valence-electron chi connectivity index (χ4n) is 1.23. The first kappa shape index (κ1) is 12.8. The molecule has 0 radical (unpaired) electrons. The van der Waals surface area contributed by atoms with Crippen molar-refractivity contribution < 1.29 is 4.79 Å². The lowest BCUT2D eigenvalue weighted by Crippen LogP contribution is -2.46. The van der Waals surface area contributed by atoms with E-state index in [2.05, 4.69) is 25.7 Å². The average molecular weight is 248 g/mol. The lowest BCUT2D eigenvalue weighted by atomic mass is 10.0. The van der Waals surface area contributed by atoms with Crippen molar-refractivity contribution in [2.75, 3.05) is 13.1 Å². The van der Waals surface area contributed by atoms with Crippen LogP contribution < -0.4 is 0 Å². The van der Waals surface area contributed by atoms with Gasteiger partial charge in [-0.2, -0.15) is 0 Å². The van der Waals surface area contributed by atoms with Gasteiger partial charge < -0.3 is 0 Å². The van der Waals surface area contributed by atoms with Gasteiger partial charge in [-0.3, -0.25) is 9.69 Å². The second-order valence-corrected chi connectivity index (χ2v) is 4.36. The molecule has 0 saturated heterocycles. The predicted molar refractivity (Wildman–Crippen MR) is 60.4 cm³/mol. The van der Waals surface area contributed by atoms with Crippen molar-refractivity contribution in [1.82, 2.24) is 4.90 Å². The van der Waals surface area contributed by atoms with Crippen molar-refractivity contribution in [2.45, 2.75) is 33.2 Å². The van der Waals surface area contributed by atoms with E-state index in [4.69, 9.17) is 0 Å². The van der Waals surface area contributed by atoms with Crippen LogP contribution in [0.4, 0.5) is 0 Å². The molecule has 0 aromatic carbocycles. The van der Waals surface area contributed by atoms with E-state index in [0.717, 1.165) is 12.1 Å². The maximum absolute atomic E-state index is 11.3. The number of ketones is 1. The molecule has 0 amide bonds. The Labute approximate surface area is 90.8 Å². The second kappa shape index (κ2) is 4.38. The summed E-state index contributed by atoms with van der Waals surface area (Å²) < 4.78 is 0. The van der Waals surface area contributed by atoms with Gasteiger partial charge in [0.15, 0.2) is 5.78 Å². The highest BCUT2D eigenvalue weighted by molar-refractivity contribution is 8.93. The topological polar surface area (TPSA) is 20.3 Å². The number of carbonyl (C=O) groups is 1. The molecule has 76 valence electrons. The molecule has 2 nitrogen and oxygen atoms in total. The molecule has 0 fully saturated rings. The molecule has 1 aliphatic heterocycles. The summed E-state index contributed by atoms with van der Waals surface area (Å²) in [4.78, 5) is 13.5. The maximum atomic E-state index is 11.3. The van der Waals surface area contributed by atoms with Crippen LogP contribution in [0.5, 0.6) is 0 Å². The molecule has 0 aromatic rings. The molecule has 1 rings (SSSR count). The van der Waals surface area contributed by atoms with Crippen molar-refractivity contribution >= 4 is 22.8 Å². The first-order valence-corrected chi connectivity index (χ1v) is 4.36. The monoisotopic (exact) mass is 247 g/mol. The van der Waals surface area contributed by atoms with E-state index in [-0.39, 0.29) is 28.3 Å². The van der Waals surface area contributed by atoms with Gasteiger partial charge in [0.25, 0.3) is 0 Å². The van der Waals surface area contributed by atoms with Crippen molar-refractivity contribution in [3.05, 3.63) is 11.6 Å². The van der Waals surface area contributed by atoms with Crippen LogP contribution in [0.3, 0.4) is 0 Å². The molecule has 0 unspecified atom stereocenters. The predicted octanol–water partition coefficient (Wildman–Crippen LogP) is 2.19. The van der Waals surface area contributed by atoms with E-state index < -0.39 is 0 Å². The minimum Gasteiger partial charge on any atom is -0.293 e. The van der Waals surface area contributed by atoms with Gasteiger partial charge in [-0.15, -0.1) is 17.0 Å². The Hall–Kier alpha value is -0.150. The van der Waals surface area contributed by atoms with Gasteiger partial charge >= 0.3 is 0 Å². The molecular weight excluding hydrogens is 230 g/mol. The summed E-state index contributed by atoms with van der Waals surface area (Å²) in [5.41, 5.74) is 1.02. The van der Waals surface area contributed by atoms with Crippen LogP contribution in [0.2, 0.25) is 0 Å². The number of carbonyl (C=O) groups excluding carboxylic acids is 1. The maximum Gasteiger partial charge on any atom is 0.172 e. The molecule has 13 heavy (non-hydrogen) atoms. The van der Waals surface area contributed by atoms with E-state index in [1.165, 1.54) is 0 Å². The highest BCUT2D eigenvalue weighted by Gasteiger charge is 2.25. The van der Waals surface area contributed by atoms with Gasteiger partial charge in [0.05, 0.1) is 6.54 Å². The van der Waals surface area contributed by atoms with Crippen LogP contribution >= 0.6 is 17.0 Å². The Balaban J connectivity index is 0.00000144. The molecule has 0 bridgehead atoms. The molecule has 0 aromatic heterocycles. The molecule has 1 heterocycles. The molecule has 0 atom stereocenters. The number of hydrogen-bond donors (Lipinski definition) is 0. The third kappa shape index (κ3) is 3.24. The SMILES string of the molecule is Br.CC1=CCN(C(C)(C)C)CC1=O. The first-order chi connectivity index (χ1) is 5.41. The minimum absolute atomic E-state index is 0. The third-order valence-electron chi connectivity index (χ3n) is 2.34. The van der Waals surface area contributed by atoms with Crippen molar-refractivity contribution in [3.8, 4) is 0 Å². The van der Waals surface area contributed by atoms with E-state index >= 15 is 0 Å². The largest absolute Gasteiger partial charge is 0.293 e. The van der Waals surface area contributed by atoms with Crippen LogP contribution in [-0.4, -0.2) is 29.3 Å². The number of hydrogen-bond acceptors (Lipinski definition) is 2. The number of halogens is 1. The van der Waals surface area contributed by atoms with E-state index in [0.29, 0.717) is 6.54 Å². The van der Waals surface area contributed by atoms with Crippen LogP contribution in [0.25, 0.3) is 0 Å². The zero-order chi connectivity index (χ0) is 9.35. The summed E-state index contributed by atoms with van der Waals surface area (Å²) in [5.74, 6) is 0.260. The minimum atomic E-state index is 0. The molecule has 0 saturated carbocycles. The normalized spacial score (nSPS) is 19.4. The Morgan fingerprint density at radius 2 is 1.92 bits per heavy atom. The quantitative estimate of drug-likeness (QED) is 0.655. The average Bonchev–Trinajstić information content (AvgIpc) is 1.92. The standard InChI is InChI=1S/C10H17NO.BrH/c1-8-5-6-11(7-9(8)12)10(2,3)4;/h5H,6-7H2,1-4H3;1H. The molecule has 3 heteroatoms. The molecule has 1 aliphatic rings. The fourth-order valence-corrected chi connectivity index (χ4v) is 1.23. The van der Waals surface area contributed by atoms with Crippen molar-refractivity contribution in [2.24, 2.45) is 0 Å². The summed E-state index contributed by atoms with van der Waals surface area (Å²) in [6.07, 6.45) is 2.01. The second-order valence-electron chi connectivity index (χ2n) is 4.36. The number of nitrogens with zero attached hydrogens (tertiary/aromatic N) is 1. The van der Waals surface area contributed by atoms with Crippen molar-refractivity contribution in [3.63, 3.8) is 0 Å². The highest BCUT2D eigenvalue weighted by Crippen LogP contribution is 2.17. The van der Waals surface area contributed by atoms with Gasteiger partial charge in [0.2, 0.25) is 0 Å². The van der Waals surface area contributed by atoms with E-state index in [1.54, 1.807) is 0 Å². The zero-order valence-electron chi connectivity index (χ0n) is 8.76. The summed E-state index contributed by atoms with van der Waals surface area (Å²) >= 11 is 0. The molecule has 0 aliphatic carbocycles. The summed E-state index contributed by atoms with van der Waals surface area (Å²) in [7, 11) is 0. The molecule has 0 spiro atoms. The Bertz CT molecular complexity index is 228. The van der Waals surface area contributed by atoms with Crippen LogP contribution in [0.15, 0.2) is 11.6 Å². The smallest absolute Gasteiger partial charge is 0.172 e. The lowest BCUT2D eigenvalue weighted by Gasteiger charge is -2.36. The Kier molecular flexibility index (Phi) is 4.33. The zero-order valence-corrected chi connectivity index (χ0v) is 10.5. The van der Waals surface area contributed by atoms with Gasteiger partial charge in [0.1, 0.15) is 0 Å². The lowest BCUT2D eigenvalue weighted by molar-refractivity contribution is -0.118. The Morgan fingerprint density at radius 3 is 2.31 bits per heavy atom. The molecule has 0 N–H and O–H groups in total. The summed E-state index contributed by atoms with van der Waals surface area (Å²) in [6, 6.07) is 0.